The number of guanidine groups is 1. The number of aliphatic imine (C=N–C) groups is 1. The normalized spacial score (nSPS) is 11.1. The van der Waals surface area contributed by atoms with E-state index in [1.807, 2.05) is 30.3 Å². The Morgan fingerprint density at radius 1 is 1.18 bits per heavy atom. The van der Waals surface area contributed by atoms with Crippen molar-refractivity contribution in [1.82, 2.24) is 15.5 Å². The fourth-order valence-corrected chi connectivity index (χ4v) is 2.40. The van der Waals surface area contributed by atoms with Gasteiger partial charge in [-0.1, -0.05) is 0 Å². The molecule has 0 bridgehead atoms. The molecule has 2 aromatic rings. The zero-order valence-electron chi connectivity index (χ0n) is 16.8. The average molecular weight is 388 g/mol. The van der Waals surface area contributed by atoms with Crippen molar-refractivity contribution in [3.63, 3.8) is 0 Å². The second-order valence-corrected chi connectivity index (χ2v) is 6.24. The number of methoxy groups -OCH3 is 2. The van der Waals surface area contributed by atoms with Crippen molar-refractivity contribution in [2.45, 2.75) is 13.0 Å². The summed E-state index contributed by atoms with van der Waals surface area (Å²) in [6.07, 6.45) is 2.36. The van der Waals surface area contributed by atoms with E-state index in [1.54, 1.807) is 34.6 Å². The molecule has 0 aliphatic heterocycles. The topological polar surface area (TPSA) is 88.3 Å². The first-order chi connectivity index (χ1) is 13.5. The first-order valence-electron chi connectivity index (χ1n) is 8.99. The Labute approximate surface area is 165 Å². The van der Waals surface area contributed by atoms with Gasteiger partial charge in [-0.3, -0.25) is 4.79 Å². The van der Waals surface area contributed by atoms with Crippen molar-refractivity contribution in [3.05, 3.63) is 47.9 Å². The number of carbonyl (C=O) groups excluding carboxylic acids is 1. The van der Waals surface area contributed by atoms with E-state index in [-0.39, 0.29) is 12.5 Å². The van der Waals surface area contributed by atoms with Crippen LogP contribution in [0.5, 0.6) is 11.5 Å². The lowest BCUT2D eigenvalue weighted by Gasteiger charge is -2.15. The summed E-state index contributed by atoms with van der Waals surface area (Å²) in [5.41, 5.74) is 0.911. The van der Waals surface area contributed by atoms with Gasteiger partial charge in [-0.2, -0.15) is 0 Å². The second-order valence-electron chi connectivity index (χ2n) is 6.24. The molecule has 1 heterocycles. The third kappa shape index (κ3) is 6.53. The van der Waals surface area contributed by atoms with Crippen molar-refractivity contribution in [2.24, 2.45) is 4.99 Å². The van der Waals surface area contributed by atoms with Gasteiger partial charge in [0, 0.05) is 38.7 Å². The van der Waals surface area contributed by atoms with Crippen LogP contribution in [0.3, 0.4) is 0 Å². The summed E-state index contributed by atoms with van der Waals surface area (Å²) < 4.78 is 16.0. The summed E-state index contributed by atoms with van der Waals surface area (Å²) in [5, 5.41) is 6.29. The van der Waals surface area contributed by atoms with E-state index in [9.17, 15) is 4.79 Å². The number of likely N-dealkylation sites (N-methyl/N-ethyl adjacent to an activating group) is 1. The standard InChI is InChI=1S/C20H28N4O4/c1-24(2)19(25)14-23-20(21-10-9-16-6-5-11-28-16)22-13-15-7-8-17(26-3)12-18(15)27-4/h5-8,11-12H,9-10,13-14H2,1-4H3,(H2,21,22,23). The predicted octanol–water partition coefficient (Wildman–Crippen LogP) is 1.66. The zero-order valence-corrected chi connectivity index (χ0v) is 16.8. The number of benzene rings is 1. The van der Waals surface area contributed by atoms with E-state index in [1.165, 1.54) is 4.90 Å². The Morgan fingerprint density at radius 2 is 2.00 bits per heavy atom. The molecule has 152 valence electrons. The molecule has 0 spiro atoms. The summed E-state index contributed by atoms with van der Waals surface area (Å²) in [5.74, 6) is 2.80. The van der Waals surface area contributed by atoms with Crippen molar-refractivity contribution in [3.8, 4) is 11.5 Å². The third-order valence-corrected chi connectivity index (χ3v) is 4.05. The van der Waals surface area contributed by atoms with Gasteiger partial charge >= 0.3 is 0 Å². The largest absolute Gasteiger partial charge is 0.497 e. The van der Waals surface area contributed by atoms with Crippen LogP contribution in [0, 0.1) is 0 Å². The van der Waals surface area contributed by atoms with Crippen LogP contribution in [-0.2, 0) is 17.8 Å². The molecule has 0 saturated heterocycles. The van der Waals surface area contributed by atoms with Crippen molar-refractivity contribution < 1.29 is 18.7 Å². The lowest BCUT2D eigenvalue weighted by atomic mass is 10.2. The molecule has 8 nitrogen and oxygen atoms in total. The zero-order chi connectivity index (χ0) is 20.4. The maximum absolute atomic E-state index is 11.9. The van der Waals surface area contributed by atoms with Crippen molar-refractivity contribution in [2.75, 3.05) is 41.4 Å². The van der Waals surface area contributed by atoms with Crippen LogP contribution < -0.4 is 20.1 Å². The lowest BCUT2D eigenvalue weighted by molar-refractivity contribution is -0.127. The van der Waals surface area contributed by atoms with Gasteiger partial charge in [-0.05, 0) is 24.3 Å². The Bertz CT molecular complexity index is 773. The Hall–Kier alpha value is -3.16. The van der Waals surface area contributed by atoms with Gasteiger partial charge in [0.2, 0.25) is 5.91 Å². The minimum Gasteiger partial charge on any atom is -0.497 e. The van der Waals surface area contributed by atoms with Gasteiger partial charge in [0.05, 0.1) is 33.6 Å². The highest BCUT2D eigenvalue weighted by Crippen LogP contribution is 2.25. The quantitative estimate of drug-likeness (QED) is 0.502. The number of amides is 1. The summed E-state index contributed by atoms with van der Waals surface area (Å²) in [4.78, 5) is 18.0. The molecular formula is C20H28N4O4. The molecule has 0 fully saturated rings. The molecule has 2 N–H and O–H groups in total. The molecule has 28 heavy (non-hydrogen) atoms. The fourth-order valence-electron chi connectivity index (χ4n) is 2.40. The van der Waals surface area contributed by atoms with Crippen LogP contribution in [0.15, 0.2) is 46.0 Å². The van der Waals surface area contributed by atoms with Crippen molar-refractivity contribution >= 4 is 11.9 Å². The maximum atomic E-state index is 11.9. The van der Waals surface area contributed by atoms with E-state index in [2.05, 4.69) is 15.6 Å². The summed E-state index contributed by atoms with van der Waals surface area (Å²) in [6.45, 7) is 1.16. The molecule has 0 aliphatic carbocycles. The lowest BCUT2D eigenvalue weighted by Crippen LogP contribution is -2.43. The van der Waals surface area contributed by atoms with E-state index in [0.29, 0.717) is 31.2 Å². The van der Waals surface area contributed by atoms with Gasteiger partial charge in [-0.25, -0.2) is 4.99 Å². The SMILES string of the molecule is COc1ccc(CN=C(NCCc2ccco2)NCC(=O)N(C)C)c(OC)c1. The number of rotatable bonds is 9. The number of nitrogens with zero attached hydrogens (tertiary/aromatic N) is 2. The van der Waals surface area contributed by atoms with Crippen LogP contribution in [0.1, 0.15) is 11.3 Å². The first kappa shape index (κ1) is 21.1. The third-order valence-electron chi connectivity index (χ3n) is 4.05. The number of ether oxygens (including phenoxy) is 2. The monoisotopic (exact) mass is 388 g/mol. The summed E-state index contributed by atoms with van der Waals surface area (Å²) >= 11 is 0. The molecule has 1 amide bonds. The molecule has 1 aromatic carbocycles. The molecule has 0 radical (unpaired) electrons. The molecule has 1 aromatic heterocycles. The number of furan rings is 1. The molecular weight excluding hydrogens is 360 g/mol. The Balaban J connectivity index is 2.04. The Kier molecular flexibility index (Phi) is 8.20. The summed E-state index contributed by atoms with van der Waals surface area (Å²) in [7, 11) is 6.65. The van der Waals surface area contributed by atoms with E-state index < -0.39 is 0 Å². The van der Waals surface area contributed by atoms with E-state index in [0.717, 1.165) is 17.1 Å². The number of carbonyl (C=O) groups is 1. The van der Waals surface area contributed by atoms with Gasteiger partial charge in [-0.15, -0.1) is 0 Å². The second kappa shape index (κ2) is 10.9. The minimum atomic E-state index is -0.0393. The predicted molar refractivity (Wildman–Crippen MR) is 108 cm³/mol. The number of hydrogen-bond acceptors (Lipinski definition) is 5. The average Bonchev–Trinajstić information content (AvgIpc) is 3.22. The fraction of sp³-hybridized carbons (Fsp3) is 0.400. The smallest absolute Gasteiger partial charge is 0.241 e. The Morgan fingerprint density at radius 3 is 2.64 bits per heavy atom. The van der Waals surface area contributed by atoms with Crippen LogP contribution in [-0.4, -0.2) is 58.2 Å². The van der Waals surface area contributed by atoms with Gasteiger partial charge in [0.25, 0.3) is 0 Å². The maximum Gasteiger partial charge on any atom is 0.241 e. The van der Waals surface area contributed by atoms with Crippen LogP contribution in [0.4, 0.5) is 0 Å². The molecule has 2 rings (SSSR count). The molecule has 0 saturated carbocycles. The molecule has 0 atom stereocenters. The van der Waals surface area contributed by atoms with E-state index in [4.69, 9.17) is 13.9 Å². The van der Waals surface area contributed by atoms with Crippen LogP contribution in [0.2, 0.25) is 0 Å². The van der Waals surface area contributed by atoms with Crippen LogP contribution in [0.25, 0.3) is 0 Å². The number of nitrogens with one attached hydrogen (secondary N) is 2. The van der Waals surface area contributed by atoms with Gasteiger partial charge in [0.1, 0.15) is 17.3 Å². The highest BCUT2D eigenvalue weighted by atomic mass is 16.5. The highest BCUT2D eigenvalue weighted by molar-refractivity contribution is 5.86. The van der Waals surface area contributed by atoms with Crippen molar-refractivity contribution in [1.29, 1.82) is 0 Å². The molecule has 0 aliphatic rings. The summed E-state index contributed by atoms with van der Waals surface area (Å²) in [6, 6.07) is 9.36. The van der Waals surface area contributed by atoms with Gasteiger partial charge in [0.15, 0.2) is 5.96 Å². The van der Waals surface area contributed by atoms with Gasteiger partial charge < -0.3 is 29.4 Å². The first-order valence-corrected chi connectivity index (χ1v) is 8.99. The highest BCUT2D eigenvalue weighted by Gasteiger charge is 2.08. The number of hydrogen-bond donors (Lipinski definition) is 2. The van der Waals surface area contributed by atoms with E-state index >= 15 is 0 Å². The molecule has 8 heteroatoms. The molecule has 0 unspecified atom stereocenters. The minimum absolute atomic E-state index is 0.0393. The van der Waals surface area contributed by atoms with Crippen LogP contribution >= 0.6 is 0 Å².